The molecule has 3 heterocycles. The number of ether oxygens (including phenoxy) is 2. The minimum absolute atomic E-state index is 0.107. The molecule has 2 aliphatic heterocycles. The highest BCUT2D eigenvalue weighted by Crippen LogP contribution is 2.25. The summed E-state index contributed by atoms with van der Waals surface area (Å²) in [4.78, 5) is 29.7. The largest absolute Gasteiger partial charge is 0.457 e. The monoisotopic (exact) mass is 474 g/mol. The molecule has 30 heavy (non-hydrogen) atoms. The molecule has 2 amide bonds. The van der Waals surface area contributed by atoms with E-state index in [9.17, 15) is 9.59 Å². The molecular formula is C22H23BrN2O5. The molecule has 8 heteroatoms. The van der Waals surface area contributed by atoms with Crippen LogP contribution in [0.2, 0.25) is 0 Å². The minimum Gasteiger partial charge on any atom is -0.457 e. The summed E-state index contributed by atoms with van der Waals surface area (Å²) in [5.74, 6) is 0.546. The van der Waals surface area contributed by atoms with Gasteiger partial charge < -0.3 is 23.7 Å². The summed E-state index contributed by atoms with van der Waals surface area (Å²) in [7, 11) is 0. The van der Waals surface area contributed by atoms with Gasteiger partial charge in [-0.05, 0) is 30.3 Å². The molecule has 2 aromatic rings. The predicted molar refractivity (Wildman–Crippen MR) is 115 cm³/mol. The normalized spacial score (nSPS) is 17.0. The molecule has 2 fully saturated rings. The Hall–Kier alpha value is -2.42. The number of benzene rings is 1. The van der Waals surface area contributed by atoms with Crippen LogP contribution in [0.1, 0.15) is 5.76 Å². The minimum atomic E-state index is -0.295. The van der Waals surface area contributed by atoms with Crippen molar-refractivity contribution in [1.82, 2.24) is 9.80 Å². The summed E-state index contributed by atoms with van der Waals surface area (Å²) >= 11 is 3.42. The van der Waals surface area contributed by atoms with Crippen LogP contribution in [0.25, 0.3) is 17.4 Å². The third-order valence-electron chi connectivity index (χ3n) is 5.10. The van der Waals surface area contributed by atoms with Crippen LogP contribution in [0.3, 0.4) is 0 Å². The van der Waals surface area contributed by atoms with Crippen LogP contribution >= 0.6 is 15.9 Å². The lowest BCUT2D eigenvalue weighted by Gasteiger charge is -2.31. The second-order valence-electron chi connectivity index (χ2n) is 7.08. The Morgan fingerprint density at radius 2 is 1.33 bits per heavy atom. The van der Waals surface area contributed by atoms with E-state index in [-0.39, 0.29) is 17.4 Å². The maximum absolute atomic E-state index is 13.2. The van der Waals surface area contributed by atoms with Crippen molar-refractivity contribution in [2.24, 2.45) is 0 Å². The number of halogens is 1. The van der Waals surface area contributed by atoms with Gasteiger partial charge in [-0.1, -0.05) is 28.1 Å². The third kappa shape index (κ3) is 4.83. The fraction of sp³-hybridized carbons (Fsp3) is 0.364. The van der Waals surface area contributed by atoms with E-state index in [1.54, 1.807) is 21.9 Å². The van der Waals surface area contributed by atoms with Gasteiger partial charge in [-0.15, -0.1) is 0 Å². The SMILES string of the molecule is O=C(C(=Cc1ccc(-c2ccc(Br)cc2)o1)C(=O)N1CCOCC1)N1CCOCC1. The zero-order valence-corrected chi connectivity index (χ0v) is 18.1. The molecule has 1 aromatic heterocycles. The molecule has 0 N–H and O–H groups in total. The van der Waals surface area contributed by atoms with E-state index in [2.05, 4.69) is 15.9 Å². The molecule has 1 aromatic carbocycles. The average Bonchev–Trinajstić information content (AvgIpc) is 3.27. The van der Waals surface area contributed by atoms with E-state index < -0.39 is 0 Å². The Morgan fingerprint density at radius 1 is 0.800 bits per heavy atom. The Kier molecular flexibility index (Phi) is 6.66. The number of rotatable bonds is 4. The quantitative estimate of drug-likeness (QED) is 0.387. The van der Waals surface area contributed by atoms with Gasteiger partial charge in [-0.25, -0.2) is 0 Å². The highest BCUT2D eigenvalue weighted by atomic mass is 79.9. The van der Waals surface area contributed by atoms with Crippen molar-refractivity contribution in [2.75, 3.05) is 52.6 Å². The molecule has 0 bridgehead atoms. The molecule has 2 saturated heterocycles. The van der Waals surface area contributed by atoms with Crippen molar-refractivity contribution in [3.8, 4) is 11.3 Å². The van der Waals surface area contributed by atoms with Crippen molar-refractivity contribution in [2.45, 2.75) is 0 Å². The molecule has 0 saturated carbocycles. The second kappa shape index (κ2) is 9.59. The first-order valence-electron chi connectivity index (χ1n) is 9.93. The van der Waals surface area contributed by atoms with Crippen molar-refractivity contribution in [1.29, 1.82) is 0 Å². The van der Waals surface area contributed by atoms with Crippen LogP contribution in [0.15, 0.2) is 50.9 Å². The van der Waals surface area contributed by atoms with E-state index in [0.717, 1.165) is 10.0 Å². The molecule has 4 rings (SSSR count). The lowest BCUT2D eigenvalue weighted by molar-refractivity contribution is -0.138. The number of hydrogen-bond acceptors (Lipinski definition) is 5. The maximum Gasteiger partial charge on any atom is 0.259 e. The fourth-order valence-corrected chi connectivity index (χ4v) is 3.69. The molecule has 2 aliphatic rings. The van der Waals surface area contributed by atoms with E-state index in [0.29, 0.717) is 64.1 Å². The maximum atomic E-state index is 13.2. The molecule has 0 atom stereocenters. The number of furan rings is 1. The van der Waals surface area contributed by atoms with Crippen LogP contribution in [0.5, 0.6) is 0 Å². The second-order valence-corrected chi connectivity index (χ2v) is 7.99. The lowest BCUT2D eigenvalue weighted by atomic mass is 10.1. The number of carbonyl (C=O) groups is 2. The molecular weight excluding hydrogens is 452 g/mol. The summed E-state index contributed by atoms with van der Waals surface area (Å²) in [5, 5.41) is 0. The first-order valence-corrected chi connectivity index (χ1v) is 10.7. The standard InChI is InChI=1S/C22H23BrN2O5/c23-17-3-1-16(2-4-17)20-6-5-18(30-20)15-19(21(26)24-7-11-28-12-8-24)22(27)25-9-13-29-14-10-25/h1-6,15H,7-14H2. The zero-order chi connectivity index (χ0) is 20.9. The van der Waals surface area contributed by atoms with Crippen LogP contribution in [-0.2, 0) is 19.1 Å². The molecule has 0 radical (unpaired) electrons. The van der Waals surface area contributed by atoms with Crippen LogP contribution in [0.4, 0.5) is 0 Å². The molecule has 158 valence electrons. The van der Waals surface area contributed by atoms with E-state index in [1.807, 2.05) is 30.3 Å². The van der Waals surface area contributed by atoms with Crippen molar-refractivity contribution < 1.29 is 23.5 Å². The first kappa shape index (κ1) is 20.8. The predicted octanol–water partition coefficient (Wildman–Crippen LogP) is 2.81. The number of morpholine rings is 2. The Balaban J connectivity index is 1.62. The Bertz CT molecular complexity index is 893. The number of amides is 2. The summed E-state index contributed by atoms with van der Waals surface area (Å²) < 4.78 is 17.6. The first-order chi connectivity index (χ1) is 14.6. The van der Waals surface area contributed by atoms with Gasteiger partial charge in [0.2, 0.25) is 0 Å². The van der Waals surface area contributed by atoms with Gasteiger partial charge in [0.25, 0.3) is 11.8 Å². The Morgan fingerprint density at radius 3 is 1.87 bits per heavy atom. The summed E-state index contributed by atoms with van der Waals surface area (Å²) in [5.41, 5.74) is 1.02. The zero-order valence-electron chi connectivity index (χ0n) is 16.5. The van der Waals surface area contributed by atoms with Crippen LogP contribution in [0, 0.1) is 0 Å². The number of nitrogens with zero attached hydrogens (tertiary/aromatic N) is 2. The van der Waals surface area contributed by atoms with Gasteiger partial charge in [-0.2, -0.15) is 0 Å². The highest BCUT2D eigenvalue weighted by Gasteiger charge is 2.30. The van der Waals surface area contributed by atoms with Gasteiger partial charge in [0.05, 0.1) is 26.4 Å². The van der Waals surface area contributed by atoms with Crippen LogP contribution in [-0.4, -0.2) is 74.2 Å². The van der Waals surface area contributed by atoms with Crippen molar-refractivity contribution in [3.63, 3.8) is 0 Å². The van der Waals surface area contributed by atoms with Gasteiger partial charge in [0, 0.05) is 36.2 Å². The molecule has 7 nitrogen and oxygen atoms in total. The summed E-state index contributed by atoms with van der Waals surface area (Å²) in [6.07, 6.45) is 1.55. The molecule has 0 spiro atoms. The fourth-order valence-electron chi connectivity index (χ4n) is 3.43. The molecule has 0 unspecified atom stereocenters. The van der Waals surface area contributed by atoms with E-state index in [1.165, 1.54) is 0 Å². The summed E-state index contributed by atoms with van der Waals surface area (Å²) in [6, 6.07) is 11.4. The lowest BCUT2D eigenvalue weighted by Crippen LogP contribution is -2.47. The number of carbonyl (C=O) groups excluding carboxylic acids is 2. The topological polar surface area (TPSA) is 72.2 Å². The third-order valence-corrected chi connectivity index (χ3v) is 5.63. The van der Waals surface area contributed by atoms with Crippen LogP contribution < -0.4 is 0 Å². The molecule has 0 aliphatic carbocycles. The van der Waals surface area contributed by atoms with Crippen molar-refractivity contribution in [3.05, 3.63) is 52.2 Å². The van der Waals surface area contributed by atoms with Gasteiger partial charge in [0.15, 0.2) is 0 Å². The van der Waals surface area contributed by atoms with Gasteiger partial charge in [0.1, 0.15) is 17.1 Å². The number of hydrogen-bond donors (Lipinski definition) is 0. The van der Waals surface area contributed by atoms with Gasteiger partial charge in [-0.3, -0.25) is 9.59 Å². The van der Waals surface area contributed by atoms with E-state index in [4.69, 9.17) is 13.9 Å². The van der Waals surface area contributed by atoms with Gasteiger partial charge >= 0.3 is 0 Å². The smallest absolute Gasteiger partial charge is 0.259 e. The van der Waals surface area contributed by atoms with Crippen molar-refractivity contribution >= 4 is 33.8 Å². The van der Waals surface area contributed by atoms with E-state index >= 15 is 0 Å². The average molecular weight is 475 g/mol. The highest BCUT2D eigenvalue weighted by molar-refractivity contribution is 9.10. The Labute approximate surface area is 183 Å². The summed E-state index contributed by atoms with van der Waals surface area (Å²) in [6.45, 7) is 3.75.